The summed E-state index contributed by atoms with van der Waals surface area (Å²) in [4.78, 5) is 46.9. The van der Waals surface area contributed by atoms with Gasteiger partial charge < -0.3 is 19.8 Å². The fourth-order valence-corrected chi connectivity index (χ4v) is 5.16. The molecule has 0 saturated carbocycles. The lowest BCUT2D eigenvalue weighted by atomic mass is 10.0. The summed E-state index contributed by atoms with van der Waals surface area (Å²) >= 11 is 5.84. The number of allylic oxidation sites excluding steroid dienone is 1. The Morgan fingerprint density at radius 3 is 2.83 bits per heavy atom. The number of carbonyl (C=O) groups excluding carboxylic acids is 3. The molecular formula is C29H27ClF2N4O5. The van der Waals surface area contributed by atoms with Crippen LogP contribution in [-0.4, -0.2) is 46.5 Å². The molecule has 2 bridgehead atoms. The monoisotopic (exact) mass is 584 g/mol. The number of ether oxygens (including phenoxy) is 2. The standard InChI is InChI=1S/C29H27ClF2N4O5/c1-40-25(38)14-16-7-8-17-20(13-16)34-24(37)6-4-2-3-5-22(28-33-15-21(17)35-28)36-12-11-23(41-29(36)39)26-19(31)10-9-18(30)27(26)32/h2-3,7-10,13,15,22-23H,4-6,11-12,14H2,1H3,(H,33,35)(H,34,37)/b3-2+/t22-,23-/m0/s1. The minimum Gasteiger partial charge on any atom is -0.469 e. The molecule has 2 N–H and O–H groups in total. The van der Waals surface area contributed by atoms with E-state index >= 15 is 0 Å². The molecule has 1 saturated heterocycles. The van der Waals surface area contributed by atoms with Crippen LogP contribution in [0.2, 0.25) is 5.02 Å². The van der Waals surface area contributed by atoms with E-state index in [1.807, 2.05) is 12.2 Å². The first-order valence-electron chi connectivity index (χ1n) is 13.1. The Morgan fingerprint density at radius 1 is 1.22 bits per heavy atom. The maximum Gasteiger partial charge on any atom is 0.411 e. The number of benzene rings is 2. The van der Waals surface area contributed by atoms with Crippen LogP contribution in [0.4, 0.5) is 19.3 Å². The maximum absolute atomic E-state index is 14.6. The van der Waals surface area contributed by atoms with Gasteiger partial charge in [-0.1, -0.05) is 35.9 Å². The van der Waals surface area contributed by atoms with Gasteiger partial charge in [-0.25, -0.2) is 18.6 Å². The van der Waals surface area contributed by atoms with Gasteiger partial charge in [0.1, 0.15) is 17.7 Å². The number of aromatic nitrogens is 2. The minimum absolute atomic E-state index is 0.0414. The molecule has 0 spiro atoms. The van der Waals surface area contributed by atoms with Crippen molar-refractivity contribution in [3.8, 4) is 11.3 Å². The molecule has 2 aliphatic heterocycles. The lowest BCUT2D eigenvalue weighted by molar-refractivity contribution is -0.139. The third-order valence-corrected chi connectivity index (χ3v) is 7.38. The van der Waals surface area contributed by atoms with Crippen molar-refractivity contribution in [2.24, 2.45) is 0 Å². The average Bonchev–Trinajstić information content (AvgIpc) is 3.43. The lowest BCUT2D eigenvalue weighted by Gasteiger charge is -2.36. The van der Waals surface area contributed by atoms with Gasteiger partial charge in [0, 0.05) is 24.9 Å². The Labute approximate surface area is 239 Å². The van der Waals surface area contributed by atoms with Crippen molar-refractivity contribution in [3.63, 3.8) is 0 Å². The smallest absolute Gasteiger partial charge is 0.411 e. The molecular weight excluding hydrogens is 558 g/mol. The molecule has 2 amide bonds. The summed E-state index contributed by atoms with van der Waals surface area (Å²) in [7, 11) is 1.31. The van der Waals surface area contributed by atoms with Crippen molar-refractivity contribution < 1.29 is 32.6 Å². The van der Waals surface area contributed by atoms with Gasteiger partial charge in [0.25, 0.3) is 0 Å². The van der Waals surface area contributed by atoms with E-state index in [1.165, 1.54) is 12.0 Å². The molecule has 5 rings (SSSR count). The molecule has 41 heavy (non-hydrogen) atoms. The van der Waals surface area contributed by atoms with Crippen molar-refractivity contribution >= 4 is 35.3 Å². The average molecular weight is 585 g/mol. The third-order valence-electron chi connectivity index (χ3n) is 7.09. The molecule has 0 radical (unpaired) electrons. The molecule has 0 aliphatic carbocycles. The van der Waals surface area contributed by atoms with Crippen molar-refractivity contribution in [1.82, 2.24) is 14.9 Å². The van der Waals surface area contributed by atoms with E-state index in [9.17, 15) is 23.2 Å². The Balaban J connectivity index is 1.44. The fourth-order valence-electron chi connectivity index (χ4n) is 5.00. The highest BCUT2D eigenvalue weighted by atomic mass is 35.5. The van der Waals surface area contributed by atoms with E-state index in [1.54, 1.807) is 24.4 Å². The van der Waals surface area contributed by atoms with Crippen molar-refractivity contribution in [1.29, 1.82) is 0 Å². The first-order chi connectivity index (χ1) is 19.7. The zero-order valence-corrected chi connectivity index (χ0v) is 22.8. The van der Waals surface area contributed by atoms with Crippen LogP contribution in [-0.2, 0) is 25.5 Å². The highest BCUT2D eigenvalue weighted by molar-refractivity contribution is 6.30. The predicted octanol–water partition coefficient (Wildman–Crippen LogP) is 6.03. The number of hydrogen-bond acceptors (Lipinski definition) is 6. The zero-order chi connectivity index (χ0) is 29.1. The number of methoxy groups -OCH3 is 1. The van der Waals surface area contributed by atoms with E-state index in [4.69, 9.17) is 21.1 Å². The van der Waals surface area contributed by atoms with E-state index in [-0.39, 0.29) is 42.3 Å². The van der Waals surface area contributed by atoms with Gasteiger partial charge in [0.2, 0.25) is 5.91 Å². The van der Waals surface area contributed by atoms with Crippen LogP contribution in [0.1, 0.15) is 54.8 Å². The van der Waals surface area contributed by atoms with Crippen LogP contribution in [0.25, 0.3) is 11.3 Å². The first kappa shape index (κ1) is 28.3. The van der Waals surface area contributed by atoms with Crippen LogP contribution in [0, 0.1) is 11.6 Å². The number of carbonyl (C=O) groups is 3. The molecule has 2 aromatic carbocycles. The number of nitrogens with zero attached hydrogens (tertiary/aromatic N) is 2. The molecule has 3 aromatic rings. The van der Waals surface area contributed by atoms with Crippen LogP contribution in [0.15, 0.2) is 48.7 Å². The maximum atomic E-state index is 14.6. The second kappa shape index (κ2) is 12.1. The van der Waals surface area contributed by atoms with Crippen LogP contribution in [0.5, 0.6) is 0 Å². The summed E-state index contributed by atoms with van der Waals surface area (Å²) in [5.74, 6) is -1.93. The second-order valence-electron chi connectivity index (χ2n) is 9.74. The number of nitrogens with one attached hydrogen (secondary N) is 2. The quantitative estimate of drug-likeness (QED) is 0.220. The summed E-state index contributed by atoms with van der Waals surface area (Å²) < 4.78 is 39.3. The Morgan fingerprint density at radius 2 is 2.05 bits per heavy atom. The molecule has 2 aliphatic rings. The number of amides is 2. The largest absolute Gasteiger partial charge is 0.469 e. The molecule has 1 aromatic heterocycles. The highest BCUT2D eigenvalue weighted by Gasteiger charge is 2.37. The number of cyclic esters (lactones) is 1. The Hall–Kier alpha value is -4.25. The summed E-state index contributed by atoms with van der Waals surface area (Å²) in [6.07, 6.45) is 4.64. The summed E-state index contributed by atoms with van der Waals surface area (Å²) in [6, 6.07) is 6.83. The first-order valence-corrected chi connectivity index (χ1v) is 13.4. The predicted molar refractivity (Wildman–Crippen MR) is 146 cm³/mol. The molecule has 9 nitrogen and oxygen atoms in total. The molecule has 0 unspecified atom stereocenters. The van der Waals surface area contributed by atoms with Crippen molar-refractivity contribution in [2.75, 3.05) is 19.0 Å². The number of rotatable bonds is 4. The van der Waals surface area contributed by atoms with E-state index < -0.39 is 35.8 Å². The van der Waals surface area contributed by atoms with E-state index in [0.717, 1.165) is 12.1 Å². The molecule has 2 atom stereocenters. The number of imidazole rings is 1. The molecule has 1 fully saturated rings. The zero-order valence-electron chi connectivity index (χ0n) is 22.1. The van der Waals surface area contributed by atoms with Crippen LogP contribution < -0.4 is 5.32 Å². The summed E-state index contributed by atoms with van der Waals surface area (Å²) in [5.41, 5.74) is 2.01. The van der Waals surface area contributed by atoms with Crippen LogP contribution in [0.3, 0.4) is 0 Å². The highest BCUT2D eigenvalue weighted by Crippen LogP contribution is 2.37. The van der Waals surface area contributed by atoms with E-state index in [0.29, 0.717) is 41.2 Å². The number of H-pyrrole nitrogens is 1. The number of anilines is 1. The van der Waals surface area contributed by atoms with Crippen LogP contribution >= 0.6 is 11.6 Å². The van der Waals surface area contributed by atoms with E-state index in [2.05, 4.69) is 15.3 Å². The lowest BCUT2D eigenvalue weighted by Crippen LogP contribution is -2.42. The van der Waals surface area contributed by atoms with Gasteiger partial charge in [-0.3, -0.25) is 14.5 Å². The summed E-state index contributed by atoms with van der Waals surface area (Å²) in [5, 5.41) is 2.66. The third kappa shape index (κ3) is 6.09. The SMILES string of the molecule is COC(=O)Cc1ccc2c(c1)NC(=O)CC/C=C/C[C@H](N1CC[C@@H](c3c(F)ccc(Cl)c3F)OC1=O)c1ncc-2[nH]1. The number of hydrogen-bond donors (Lipinski definition) is 2. The van der Waals surface area contributed by atoms with Gasteiger partial charge >= 0.3 is 12.1 Å². The number of aromatic amines is 1. The number of halogens is 3. The Bertz CT molecular complexity index is 1520. The second-order valence-corrected chi connectivity index (χ2v) is 10.1. The van der Waals surface area contributed by atoms with Crippen molar-refractivity contribution in [2.45, 2.75) is 44.2 Å². The normalized spacial score (nSPS) is 20.0. The van der Waals surface area contributed by atoms with Crippen molar-refractivity contribution in [3.05, 3.63) is 82.3 Å². The van der Waals surface area contributed by atoms with Gasteiger partial charge in [0.15, 0.2) is 5.82 Å². The minimum atomic E-state index is -1.13. The Kier molecular flexibility index (Phi) is 8.34. The number of fused-ring (bicyclic) bond motifs is 4. The molecule has 3 heterocycles. The topological polar surface area (TPSA) is 114 Å². The van der Waals surface area contributed by atoms with Gasteiger partial charge in [-0.05, 0) is 36.6 Å². The van der Waals surface area contributed by atoms with Gasteiger partial charge in [-0.15, -0.1) is 0 Å². The molecule has 12 heteroatoms. The summed E-state index contributed by atoms with van der Waals surface area (Å²) in [6.45, 7) is 0.150. The van der Waals surface area contributed by atoms with Gasteiger partial charge in [0.05, 0.1) is 47.7 Å². The number of esters is 1. The van der Waals surface area contributed by atoms with Gasteiger partial charge in [-0.2, -0.15) is 0 Å². The fraction of sp³-hybridized carbons (Fsp3) is 0.310. The molecule has 214 valence electrons.